The van der Waals surface area contributed by atoms with E-state index in [4.69, 9.17) is 0 Å². The lowest BCUT2D eigenvalue weighted by Crippen LogP contribution is -2.16. The van der Waals surface area contributed by atoms with Crippen molar-refractivity contribution in [2.45, 2.75) is 17.9 Å². The number of fused-ring (bicyclic) bond motifs is 1. The number of halogens is 1. The molecule has 1 aliphatic rings. The van der Waals surface area contributed by atoms with Crippen molar-refractivity contribution in [2.75, 3.05) is 29.1 Å². The summed E-state index contributed by atoms with van der Waals surface area (Å²) in [6.45, 7) is 2.09. The van der Waals surface area contributed by atoms with Gasteiger partial charge in [0.1, 0.15) is 16.1 Å². The van der Waals surface area contributed by atoms with Gasteiger partial charge in [-0.2, -0.15) is 4.98 Å². The molecule has 0 spiro atoms. The lowest BCUT2D eigenvalue weighted by atomic mass is 10.3. The number of rotatable bonds is 5. The number of nitrogens with one attached hydrogen (secondary N) is 1. The van der Waals surface area contributed by atoms with Crippen molar-refractivity contribution in [1.82, 2.24) is 15.0 Å². The Hall–Kier alpha value is -1.71. The Bertz CT molecular complexity index is 942. The van der Waals surface area contributed by atoms with Gasteiger partial charge in [0, 0.05) is 17.6 Å². The maximum absolute atomic E-state index is 12.3. The first-order chi connectivity index (χ1) is 12.7. The number of thioether (sulfide) groups is 1. The first-order valence-electron chi connectivity index (χ1n) is 8.24. The van der Waals surface area contributed by atoms with Crippen molar-refractivity contribution in [3.8, 4) is 0 Å². The van der Waals surface area contributed by atoms with E-state index in [1.54, 1.807) is 11.3 Å². The number of benzene rings is 1. The van der Waals surface area contributed by atoms with Crippen LogP contribution in [0.15, 0.2) is 40.1 Å². The molecule has 9 heteroatoms. The van der Waals surface area contributed by atoms with Gasteiger partial charge in [-0.25, -0.2) is 9.97 Å². The topological polar surface area (TPSA) is 71.0 Å². The first-order valence-corrected chi connectivity index (χ1v) is 10.8. The van der Waals surface area contributed by atoms with Gasteiger partial charge in [0.2, 0.25) is 5.91 Å². The summed E-state index contributed by atoms with van der Waals surface area (Å²) >= 11 is 6.46. The number of amides is 1. The zero-order chi connectivity index (χ0) is 17.9. The summed E-state index contributed by atoms with van der Waals surface area (Å²) in [4.78, 5) is 27.8. The van der Waals surface area contributed by atoms with Crippen molar-refractivity contribution >= 4 is 66.1 Å². The predicted octanol–water partition coefficient (Wildman–Crippen LogP) is 4.18. The van der Waals surface area contributed by atoms with E-state index in [1.807, 2.05) is 24.3 Å². The molecule has 1 fully saturated rings. The number of thiazole rings is 1. The van der Waals surface area contributed by atoms with Crippen LogP contribution in [-0.4, -0.2) is 39.7 Å². The smallest absolute Gasteiger partial charge is 0.234 e. The summed E-state index contributed by atoms with van der Waals surface area (Å²) in [6, 6.07) is 7.56. The van der Waals surface area contributed by atoms with Gasteiger partial charge in [0.25, 0.3) is 0 Å². The van der Waals surface area contributed by atoms with Gasteiger partial charge in [0.05, 0.1) is 11.4 Å². The minimum absolute atomic E-state index is 0.0713. The van der Waals surface area contributed by atoms with Gasteiger partial charge in [-0.05, 0) is 40.9 Å². The zero-order valence-electron chi connectivity index (χ0n) is 13.8. The van der Waals surface area contributed by atoms with E-state index in [0.29, 0.717) is 5.65 Å². The van der Waals surface area contributed by atoms with Crippen molar-refractivity contribution in [1.29, 1.82) is 0 Å². The van der Waals surface area contributed by atoms with Crippen LogP contribution in [0.4, 0.5) is 10.8 Å². The molecule has 0 unspecified atom stereocenters. The highest BCUT2D eigenvalue weighted by atomic mass is 79.9. The Morgan fingerprint density at radius 2 is 2.08 bits per heavy atom. The molecule has 0 aliphatic carbocycles. The number of carbonyl (C=O) groups is 1. The second kappa shape index (κ2) is 7.89. The third kappa shape index (κ3) is 3.84. The molecule has 1 aromatic carbocycles. The van der Waals surface area contributed by atoms with Crippen LogP contribution in [0.2, 0.25) is 0 Å². The van der Waals surface area contributed by atoms with Crippen LogP contribution in [0.3, 0.4) is 0 Å². The molecule has 1 N–H and O–H groups in total. The average Bonchev–Trinajstić information content (AvgIpc) is 3.31. The zero-order valence-corrected chi connectivity index (χ0v) is 17.0. The van der Waals surface area contributed by atoms with Crippen LogP contribution in [0.1, 0.15) is 12.8 Å². The molecule has 26 heavy (non-hydrogen) atoms. The summed E-state index contributed by atoms with van der Waals surface area (Å²) in [5.74, 6) is 0.211. The van der Waals surface area contributed by atoms with Crippen LogP contribution >= 0.6 is 39.0 Å². The standard InChI is InChI=1S/C17H16BrN5OS2/c18-11-5-1-2-6-12(11)21-13(24)9-25-16-14-15(19-10-20-16)22-17(26-14)23-7-3-4-8-23/h1-2,5-6,10H,3-4,7-9H2,(H,21,24). The van der Waals surface area contributed by atoms with Gasteiger partial charge in [-0.3, -0.25) is 4.79 Å². The number of nitrogens with zero attached hydrogens (tertiary/aromatic N) is 4. The minimum Gasteiger partial charge on any atom is -0.348 e. The Morgan fingerprint density at radius 1 is 1.27 bits per heavy atom. The molecule has 6 nitrogen and oxygen atoms in total. The van der Waals surface area contributed by atoms with Crippen LogP contribution in [0.25, 0.3) is 10.3 Å². The number of aromatic nitrogens is 3. The quantitative estimate of drug-likeness (QED) is 0.465. The maximum atomic E-state index is 12.3. The molecule has 4 rings (SSSR count). The van der Waals surface area contributed by atoms with Gasteiger partial charge in [-0.1, -0.05) is 35.2 Å². The fourth-order valence-corrected chi connectivity index (χ4v) is 5.08. The summed E-state index contributed by atoms with van der Waals surface area (Å²) in [5.41, 5.74) is 1.47. The molecule has 3 heterocycles. The highest BCUT2D eigenvalue weighted by Crippen LogP contribution is 2.35. The molecule has 1 aliphatic heterocycles. The second-order valence-corrected chi connectivity index (χ2v) is 8.63. The van der Waals surface area contributed by atoms with Crippen LogP contribution in [-0.2, 0) is 4.79 Å². The number of hydrogen-bond acceptors (Lipinski definition) is 7. The summed E-state index contributed by atoms with van der Waals surface area (Å²) in [7, 11) is 0. The average molecular weight is 450 g/mol. The molecule has 2 aromatic heterocycles. The molecule has 1 saturated heterocycles. The highest BCUT2D eigenvalue weighted by molar-refractivity contribution is 9.10. The molecular formula is C17H16BrN5OS2. The Balaban J connectivity index is 1.46. The number of para-hydroxylation sites is 1. The Kier molecular flexibility index (Phi) is 5.37. The van der Waals surface area contributed by atoms with E-state index in [0.717, 1.165) is 38.1 Å². The van der Waals surface area contributed by atoms with Crippen LogP contribution < -0.4 is 10.2 Å². The van der Waals surface area contributed by atoms with Gasteiger partial charge >= 0.3 is 0 Å². The van der Waals surface area contributed by atoms with Gasteiger partial charge in [-0.15, -0.1) is 0 Å². The van der Waals surface area contributed by atoms with Crippen molar-refractivity contribution < 1.29 is 4.79 Å². The van der Waals surface area contributed by atoms with E-state index in [2.05, 4.69) is 41.1 Å². The third-order valence-electron chi connectivity index (χ3n) is 4.01. The Morgan fingerprint density at radius 3 is 2.88 bits per heavy atom. The third-order valence-corrected chi connectivity index (χ3v) is 6.93. The van der Waals surface area contributed by atoms with Gasteiger partial charge in [0.15, 0.2) is 10.8 Å². The normalized spacial score (nSPS) is 14.1. The molecule has 0 atom stereocenters. The predicted molar refractivity (Wildman–Crippen MR) is 110 cm³/mol. The lowest BCUT2D eigenvalue weighted by molar-refractivity contribution is -0.113. The van der Waals surface area contributed by atoms with Crippen LogP contribution in [0, 0.1) is 0 Å². The van der Waals surface area contributed by atoms with Crippen molar-refractivity contribution in [2.24, 2.45) is 0 Å². The monoisotopic (exact) mass is 449 g/mol. The van der Waals surface area contributed by atoms with Crippen molar-refractivity contribution in [3.63, 3.8) is 0 Å². The Labute approximate surface area is 167 Å². The molecule has 1 amide bonds. The number of anilines is 2. The molecule has 0 radical (unpaired) electrons. The minimum atomic E-state index is -0.0713. The summed E-state index contributed by atoms with van der Waals surface area (Å²) in [6.07, 6.45) is 3.93. The molecule has 3 aromatic rings. The van der Waals surface area contributed by atoms with E-state index >= 15 is 0 Å². The largest absolute Gasteiger partial charge is 0.348 e. The van der Waals surface area contributed by atoms with E-state index < -0.39 is 0 Å². The fraction of sp³-hybridized carbons (Fsp3) is 0.294. The number of hydrogen-bond donors (Lipinski definition) is 1. The SMILES string of the molecule is O=C(CSc1ncnc2nc(N3CCCC3)sc12)Nc1ccccc1Br. The second-order valence-electron chi connectivity index (χ2n) is 5.84. The fourth-order valence-electron chi connectivity index (χ4n) is 2.75. The van der Waals surface area contributed by atoms with E-state index in [9.17, 15) is 4.79 Å². The summed E-state index contributed by atoms with van der Waals surface area (Å²) < 4.78 is 1.81. The van der Waals surface area contributed by atoms with E-state index in [-0.39, 0.29) is 11.7 Å². The maximum Gasteiger partial charge on any atom is 0.234 e. The highest BCUT2D eigenvalue weighted by Gasteiger charge is 2.19. The lowest BCUT2D eigenvalue weighted by Gasteiger charge is -2.11. The van der Waals surface area contributed by atoms with Gasteiger partial charge < -0.3 is 10.2 Å². The number of carbonyl (C=O) groups excluding carboxylic acids is 1. The first kappa shape index (κ1) is 17.7. The molecular weight excluding hydrogens is 434 g/mol. The van der Waals surface area contributed by atoms with E-state index in [1.165, 1.54) is 30.9 Å². The van der Waals surface area contributed by atoms with Crippen molar-refractivity contribution in [3.05, 3.63) is 35.1 Å². The molecule has 134 valence electrons. The summed E-state index contributed by atoms with van der Waals surface area (Å²) in [5, 5.41) is 4.71. The van der Waals surface area contributed by atoms with Crippen LogP contribution in [0.5, 0.6) is 0 Å². The molecule has 0 bridgehead atoms. The molecule has 0 saturated carbocycles.